The Morgan fingerprint density at radius 2 is 1.52 bits per heavy atom. The quantitative estimate of drug-likeness (QED) is 0.525. The van der Waals surface area contributed by atoms with Crippen LogP contribution in [0.1, 0.15) is 81.5 Å². The Morgan fingerprint density at radius 1 is 0.880 bits per heavy atom. The van der Waals surface area contributed by atoms with Crippen LogP contribution >= 0.6 is 0 Å². The molecule has 3 rings (SSSR count). The van der Waals surface area contributed by atoms with Crippen LogP contribution in [0, 0.1) is 12.8 Å². The second-order valence-electron chi connectivity index (χ2n) is 7.98. The molecule has 0 saturated carbocycles. The van der Waals surface area contributed by atoms with Gasteiger partial charge in [-0.15, -0.1) is 0 Å². The number of aryl methyl sites for hydroxylation is 1. The summed E-state index contributed by atoms with van der Waals surface area (Å²) in [5, 5.41) is 0. The zero-order chi connectivity index (χ0) is 18.1. The van der Waals surface area contributed by atoms with Gasteiger partial charge in [-0.3, -0.25) is 0 Å². The highest BCUT2D eigenvalue weighted by molar-refractivity contribution is 5.81. The molecule has 25 heavy (non-hydrogen) atoms. The van der Waals surface area contributed by atoms with Crippen LogP contribution in [0.25, 0.3) is 17.2 Å². The minimum absolute atomic E-state index is 0.574. The largest absolute Gasteiger partial charge is 0.0651 e. The lowest BCUT2D eigenvalue weighted by Crippen LogP contribution is -2.12. The summed E-state index contributed by atoms with van der Waals surface area (Å²) in [4.78, 5) is 0. The van der Waals surface area contributed by atoms with Gasteiger partial charge in [0.2, 0.25) is 0 Å². The van der Waals surface area contributed by atoms with Gasteiger partial charge in [-0.2, -0.15) is 0 Å². The third kappa shape index (κ3) is 3.19. The normalized spacial score (nSPS) is 16.5. The van der Waals surface area contributed by atoms with E-state index in [4.69, 9.17) is 0 Å². The third-order valence-electron chi connectivity index (χ3n) is 6.06. The maximum atomic E-state index is 2.42. The van der Waals surface area contributed by atoms with Crippen molar-refractivity contribution >= 4 is 6.08 Å². The zero-order valence-electron chi connectivity index (χ0n) is 16.7. The molecule has 0 spiro atoms. The van der Waals surface area contributed by atoms with Crippen molar-refractivity contribution in [3.63, 3.8) is 0 Å². The van der Waals surface area contributed by atoms with Gasteiger partial charge in [0.1, 0.15) is 0 Å². The highest BCUT2D eigenvalue weighted by Crippen LogP contribution is 2.48. The van der Waals surface area contributed by atoms with Gasteiger partial charge in [-0.05, 0) is 59.1 Å². The lowest BCUT2D eigenvalue weighted by Gasteiger charge is -2.27. The average molecular weight is 333 g/mol. The Kier molecular flexibility index (Phi) is 5.18. The summed E-state index contributed by atoms with van der Waals surface area (Å²) in [5.41, 5.74) is 10.2. The molecule has 1 aliphatic rings. The maximum absolute atomic E-state index is 2.42. The van der Waals surface area contributed by atoms with E-state index in [1.807, 2.05) is 0 Å². The molecule has 2 aromatic rings. The van der Waals surface area contributed by atoms with E-state index >= 15 is 0 Å². The van der Waals surface area contributed by atoms with Gasteiger partial charge >= 0.3 is 0 Å². The predicted octanol–water partition coefficient (Wildman–Crippen LogP) is 7.72. The molecule has 2 aromatic carbocycles. The van der Waals surface area contributed by atoms with Crippen molar-refractivity contribution in [1.29, 1.82) is 0 Å². The highest BCUT2D eigenvalue weighted by Gasteiger charge is 2.31. The third-order valence-corrected chi connectivity index (χ3v) is 6.06. The van der Waals surface area contributed by atoms with Crippen LogP contribution in [0.5, 0.6) is 0 Å². The van der Waals surface area contributed by atoms with Crippen LogP contribution in [0.4, 0.5) is 0 Å². The van der Waals surface area contributed by atoms with E-state index < -0.39 is 0 Å². The molecule has 132 valence electrons. The van der Waals surface area contributed by atoms with E-state index in [0.717, 1.165) is 5.92 Å². The van der Waals surface area contributed by atoms with Crippen LogP contribution < -0.4 is 0 Å². The van der Waals surface area contributed by atoms with Crippen molar-refractivity contribution < 1.29 is 0 Å². The Labute approximate surface area is 154 Å². The van der Waals surface area contributed by atoms with E-state index in [1.165, 1.54) is 46.2 Å². The summed E-state index contributed by atoms with van der Waals surface area (Å²) in [6.07, 6.45) is 4.90. The Morgan fingerprint density at radius 3 is 2.08 bits per heavy atom. The molecule has 0 radical (unpaired) electrons. The van der Waals surface area contributed by atoms with Crippen molar-refractivity contribution in [1.82, 2.24) is 0 Å². The minimum Gasteiger partial charge on any atom is -0.0651 e. The number of hydrogen-bond acceptors (Lipinski definition) is 0. The van der Waals surface area contributed by atoms with E-state index in [1.54, 1.807) is 5.56 Å². The number of allylic oxidation sites excluding steroid dienone is 1. The number of hydrogen-bond donors (Lipinski definition) is 0. The molecule has 1 atom stereocenters. The Balaban J connectivity index is 2.15. The molecule has 0 nitrogen and oxygen atoms in total. The van der Waals surface area contributed by atoms with Gasteiger partial charge in [0, 0.05) is 5.92 Å². The molecule has 0 aliphatic heterocycles. The molecule has 1 aliphatic carbocycles. The van der Waals surface area contributed by atoms with E-state index in [-0.39, 0.29) is 0 Å². The molecule has 0 fully saturated rings. The molecule has 0 bridgehead atoms. The van der Waals surface area contributed by atoms with Crippen molar-refractivity contribution in [2.45, 2.75) is 66.2 Å². The van der Waals surface area contributed by atoms with Crippen molar-refractivity contribution in [2.75, 3.05) is 0 Å². The van der Waals surface area contributed by atoms with E-state index in [9.17, 15) is 0 Å². The molecule has 0 heterocycles. The first-order valence-corrected chi connectivity index (χ1v) is 9.89. The van der Waals surface area contributed by atoms with Gasteiger partial charge < -0.3 is 0 Å². The molecule has 0 aromatic heterocycles. The lowest BCUT2D eigenvalue weighted by atomic mass is 9.77. The fourth-order valence-electron chi connectivity index (χ4n) is 4.55. The molecular weight excluding hydrogens is 300 g/mol. The van der Waals surface area contributed by atoms with Crippen molar-refractivity contribution in [3.05, 3.63) is 64.2 Å². The van der Waals surface area contributed by atoms with Crippen LogP contribution in [-0.2, 0) is 0 Å². The summed E-state index contributed by atoms with van der Waals surface area (Å²) in [5.74, 6) is 1.88. The van der Waals surface area contributed by atoms with Gasteiger partial charge in [-0.25, -0.2) is 0 Å². The highest BCUT2D eigenvalue weighted by atomic mass is 14.3. The summed E-state index contributed by atoms with van der Waals surface area (Å²) in [7, 11) is 0. The molecule has 1 unspecified atom stereocenters. The zero-order valence-corrected chi connectivity index (χ0v) is 16.7. The number of benzene rings is 2. The maximum Gasteiger partial charge on any atom is 0.00890 e. The average Bonchev–Trinajstić information content (AvgIpc) is 2.93. The second kappa shape index (κ2) is 7.20. The minimum atomic E-state index is 0.574. The smallest absolute Gasteiger partial charge is 0.00890 e. The van der Waals surface area contributed by atoms with Gasteiger partial charge in [0.15, 0.2) is 0 Å². The first-order valence-electron chi connectivity index (χ1n) is 9.89. The Bertz CT molecular complexity index is 770. The predicted molar refractivity (Wildman–Crippen MR) is 111 cm³/mol. The van der Waals surface area contributed by atoms with Crippen LogP contribution in [0.3, 0.4) is 0 Å². The van der Waals surface area contributed by atoms with E-state index in [2.05, 4.69) is 84.0 Å². The van der Waals surface area contributed by atoms with Crippen molar-refractivity contribution in [3.8, 4) is 11.1 Å². The summed E-state index contributed by atoms with van der Waals surface area (Å²) >= 11 is 0. The summed E-state index contributed by atoms with van der Waals surface area (Å²) in [6, 6.07) is 13.9. The SMILES string of the molecule is CCC(CC)C1C(C)=Cc2ccc(C)c(-c3ccc(C(C)C)cc3)c21. The first kappa shape index (κ1) is 18.0. The molecule has 0 N–H and O–H groups in total. The van der Waals surface area contributed by atoms with E-state index in [0.29, 0.717) is 11.8 Å². The van der Waals surface area contributed by atoms with Gasteiger partial charge in [0.25, 0.3) is 0 Å². The van der Waals surface area contributed by atoms with Crippen LogP contribution in [0.15, 0.2) is 42.0 Å². The topological polar surface area (TPSA) is 0 Å². The van der Waals surface area contributed by atoms with Gasteiger partial charge in [-0.1, -0.05) is 88.6 Å². The van der Waals surface area contributed by atoms with Crippen LogP contribution in [-0.4, -0.2) is 0 Å². The fourth-order valence-corrected chi connectivity index (χ4v) is 4.55. The second-order valence-corrected chi connectivity index (χ2v) is 7.98. The lowest BCUT2D eigenvalue weighted by molar-refractivity contribution is 0.438. The fraction of sp³-hybridized carbons (Fsp3) is 0.440. The number of fused-ring (bicyclic) bond motifs is 1. The Hall–Kier alpha value is -1.82. The summed E-state index contributed by atoms with van der Waals surface area (Å²) in [6.45, 7) is 13.8. The monoisotopic (exact) mass is 332 g/mol. The first-order chi connectivity index (χ1) is 12.0. The molecule has 0 saturated heterocycles. The number of rotatable bonds is 5. The van der Waals surface area contributed by atoms with Crippen molar-refractivity contribution in [2.24, 2.45) is 5.92 Å². The molecule has 0 amide bonds. The standard InChI is InChI=1S/C25H32/c1-7-19(8-2)24-18(6)15-22-10-9-17(5)23(25(22)24)21-13-11-20(12-14-21)16(3)4/h9-16,19,24H,7-8H2,1-6H3. The van der Waals surface area contributed by atoms with Crippen LogP contribution in [0.2, 0.25) is 0 Å². The van der Waals surface area contributed by atoms with Gasteiger partial charge in [0.05, 0.1) is 0 Å². The molecule has 0 heteroatoms. The summed E-state index contributed by atoms with van der Waals surface area (Å²) < 4.78 is 0. The molecular formula is C25H32.